The zero-order valence-corrected chi connectivity index (χ0v) is 32.3. The second-order valence-corrected chi connectivity index (χ2v) is 14.9. The van der Waals surface area contributed by atoms with E-state index in [1.54, 1.807) is 18.2 Å². The number of benzene rings is 3. The molecule has 0 aliphatic carbocycles. The van der Waals surface area contributed by atoms with E-state index in [2.05, 4.69) is 0 Å². The molecule has 62 heavy (non-hydrogen) atoms. The van der Waals surface area contributed by atoms with E-state index in [1.807, 2.05) is 0 Å². The molecule has 15 atom stereocenters. The Morgan fingerprint density at radius 2 is 1.21 bits per heavy atom. The predicted octanol–water partition coefficient (Wildman–Crippen LogP) is -2.35. The van der Waals surface area contributed by atoms with E-state index in [4.69, 9.17) is 37.6 Å². The Morgan fingerprint density at radius 1 is 0.613 bits per heavy atom. The highest BCUT2D eigenvalue weighted by atomic mass is 16.7. The molecule has 12 N–H and O–H groups in total. The standard InChI is InChI=1S/C40H44O22/c1-14-25(44)29(48)32(51)38(57-14)56-13-23-27(46)31(50)34(53)40(61-23)62-36-28(47)24-20(43)10-17(11-21(24)59-35(36)16-7-8-18(41)19(42)9-16)58-39-33(52)30(49)26(45)22(60-39)12-55-37(54)15-5-3-2-4-6-15/h2-11,14,22-23,25-27,29-34,38-46,48-53H,12-13H2,1H3/t14?,22?,23?,25-,26+,27+,29?,30-,31-,32-,33?,34?,38+,39+,40-/m0/s1. The van der Waals surface area contributed by atoms with Crippen LogP contribution in [0.15, 0.2) is 69.9 Å². The Morgan fingerprint density at radius 3 is 1.85 bits per heavy atom. The maximum Gasteiger partial charge on any atom is 0.338 e. The van der Waals surface area contributed by atoms with Crippen LogP contribution in [0, 0.1) is 0 Å². The molecule has 0 spiro atoms. The summed E-state index contributed by atoms with van der Waals surface area (Å²) in [6, 6.07) is 13.0. The molecular weight excluding hydrogens is 832 g/mol. The summed E-state index contributed by atoms with van der Waals surface area (Å²) in [7, 11) is 0. The quantitative estimate of drug-likeness (QED) is 0.0554. The minimum Gasteiger partial charge on any atom is -0.507 e. The van der Waals surface area contributed by atoms with Crippen LogP contribution in [-0.2, 0) is 23.7 Å². The van der Waals surface area contributed by atoms with Gasteiger partial charge in [0, 0.05) is 17.7 Å². The molecule has 0 radical (unpaired) electrons. The molecule has 1 aromatic heterocycles. The number of aliphatic hydroxyl groups excluding tert-OH is 9. The fraction of sp³-hybridized carbons (Fsp3) is 0.450. The van der Waals surface area contributed by atoms with Crippen molar-refractivity contribution in [3.8, 4) is 40.1 Å². The molecule has 0 amide bonds. The number of fused-ring (bicyclic) bond motifs is 1. The second-order valence-electron chi connectivity index (χ2n) is 14.9. The molecule has 6 unspecified atom stereocenters. The van der Waals surface area contributed by atoms with E-state index in [9.17, 15) is 70.9 Å². The van der Waals surface area contributed by atoms with Crippen LogP contribution in [0.25, 0.3) is 22.3 Å². The van der Waals surface area contributed by atoms with E-state index in [1.165, 1.54) is 25.1 Å². The van der Waals surface area contributed by atoms with Crippen LogP contribution in [0.1, 0.15) is 17.3 Å². The van der Waals surface area contributed by atoms with Crippen molar-refractivity contribution in [3.05, 3.63) is 76.5 Å². The third kappa shape index (κ3) is 8.87. The first-order valence-electron chi connectivity index (χ1n) is 19.1. The zero-order chi connectivity index (χ0) is 44.7. The Hall–Kier alpha value is -5.18. The largest absolute Gasteiger partial charge is 0.507 e. The summed E-state index contributed by atoms with van der Waals surface area (Å²) in [6.45, 7) is 0.138. The number of aliphatic hydroxyl groups is 9. The molecule has 3 saturated heterocycles. The Kier molecular flexibility index (Phi) is 13.2. The van der Waals surface area contributed by atoms with Crippen LogP contribution in [0.2, 0.25) is 0 Å². The third-order valence-corrected chi connectivity index (χ3v) is 10.6. The number of rotatable bonds is 11. The van der Waals surface area contributed by atoms with Crippen molar-refractivity contribution in [3.63, 3.8) is 0 Å². The molecule has 22 heteroatoms. The third-order valence-electron chi connectivity index (χ3n) is 10.6. The van der Waals surface area contributed by atoms with Crippen LogP contribution >= 0.6 is 0 Å². The Labute approximate surface area is 349 Å². The van der Waals surface area contributed by atoms with Crippen LogP contribution in [0.3, 0.4) is 0 Å². The van der Waals surface area contributed by atoms with Crippen LogP contribution in [0.5, 0.6) is 28.7 Å². The highest BCUT2D eigenvalue weighted by Crippen LogP contribution is 2.40. The number of aromatic hydroxyl groups is 3. The lowest BCUT2D eigenvalue weighted by Gasteiger charge is -2.42. The van der Waals surface area contributed by atoms with Gasteiger partial charge < -0.3 is 98.9 Å². The maximum absolute atomic E-state index is 14.2. The Balaban J connectivity index is 1.17. The molecule has 336 valence electrons. The summed E-state index contributed by atoms with van der Waals surface area (Å²) in [5.74, 6) is -4.52. The minimum absolute atomic E-state index is 0.139. The minimum atomic E-state index is -2.07. The van der Waals surface area contributed by atoms with E-state index < -0.39 is 156 Å². The van der Waals surface area contributed by atoms with Gasteiger partial charge in [-0.05, 0) is 37.3 Å². The second kappa shape index (κ2) is 18.3. The highest BCUT2D eigenvalue weighted by Gasteiger charge is 2.49. The van der Waals surface area contributed by atoms with Gasteiger partial charge in [0.15, 0.2) is 23.5 Å². The van der Waals surface area contributed by atoms with Crippen molar-refractivity contribution in [2.24, 2.45) is 0 Å². The number of ether oxygens (including phenoxy) is 7. The summed E-state index contributed by atoms with van der Waals surface area (Å²) in [5.41, 5.74) is -1.53. The molecule has 3 aromatic carbocycles. The van der Waals surface area contributed by atoms with E-state index in [0.717, 1.165) is 24.3 Å². The fourth-order valence-corrected chi connectivity index (χ4v) is 7.00. The summed E-state index contributed by atoms with van der Waals surface area (Å²) in [5, 5.41) is 126. The van der Waals surface area contributed by atoms with E-state index in [-0.39, 0.29) is 16.9 Å². The summed E-state index contributed by atoms with van der Waals surface area (Å²) in [6.07, 6.45) is -25.7. The smallest absolute Gasteiger partial charge is 0.338 e. The molecule has 0 saturated carbocycles. The molecule has 22 nitrogen and oxygen atoms in total. The molecule has 3 aliphatic rings. The number of esters is 1. The average molecular weight is 877 g/mol. The number of phenols is 3. The van der Waals surface area contributed by atoms with E-state index >= 15 is 0 Å². The van der Waals surface area contributed by atoms with Crippen LogP contribution in [-0.4, -0.2) is 173 Å². The van der Waals surface area contributed by atoms with E-state index in [0.29, 0.717) is 0 Å². The molecule has 3 fully saturated rings. The first kappa shape index (κ1) is 44.9. The summed E-state index contributed by atoms with van der Waals surface area (Å²) < 4.78 is 45.0. The molecule has 7 rings (SSSR count). The van der Waals surface area contributed by atoms with Gasteiger partial charge in [-0.25, -0.2) is 4.79 Å². The van der Waals surface area contributed by atoms with Crippen molar-refractivity contribution in [1.29, 1.82) is 0 Å². The molecule has 4 heterocycles. The average Bonchev–Trinajstić information content (AvgIpc) is 3.25. The molecule has 0 bridgehead atoms. The number of carbonyl (C=O) groups excluding carboxylic acids is 1. The Bertz CT molecular complexity index is 2270. The monoisotopic (exact) mass is 876 g/mol. The number of hydrogen-bond donors (Lipinski definition) is 12. The van der Waals surface area contributed by atoms with Gasteiger partial charge in [0.25, 0.3) is 0 Å². The van der Waals surface area contributed by atoms with Gasteiger partial charge in [0.1, 0.15) is 96.2 Å². The zero-order valence-electron chi connectivity index (χ0n) is 32.3. The lowest BCUT2D eigenvalue weighted by Crippen LogP contribution is -2.61. The van der Waals surface area contributed by atoms with Gasteiger partial charge in [-0.3, -0.25) is 4.79 Å². The van der Waals surface area contributed by atoms with Gasteiger partial charge >= 0.3 is 5.97 Å². The van der Waals surface area contributed by atoms with Gasteiger partial charge in [-0.2, -0.15) is 0 Å². The normalized spacial score (nSPS) is 33.8. The van der Waals surface area contributed by atoms with Gasteiger partial charge in [0.05, 0.1) is 18.3 Å². The predicted molar refractivity (Wildman–Crippen MR) is 203 cm³/mol. The SMILES string of the molecule is CC1O[C@@H](OCC2O[C@@H](Oc3c(-c4ccc(O)c(O)c4)oc4cc(O[C@@H]5OC(COC(=O)c6ccccc6)[C@@H](O)[C@H](O)C5O)cc(O)c4c3=O)C(O)[C@@H](O)[C@@H]2O)[C@@H](O)C(O)[C@H]1O. The van der Waals surface area contributed by atoms with Crippen molar-refractivity contribution >= 4 is 16.9 Å². The van der Waals surface area contributed by atoms with Gasteiger partial charge in [-0.1, -0.05) is 18.2 Å². The van der Waals surface area contributed by atoms with Crippen molar-refractivity contribution < 1.29 is 104 Å². The first-order chi connectivity index (χ1) is 29.4. The number of phenolic OH excluding ortho intramolecular Hbond substituents is 3. The van der Waals surface area contributed by atoms with Crippen molar-refractivity contribution in [1.82, 2.24) is 0 Å². The van der Waals surface area contributed by atoms with Gasteiger partial charge in [-0.15, -0.1) is 0 Å². The maximum atomic E-state index is 14.2. The fourth-order valence-electron chi connectivity index (χ4n) is 7.00. The first-order valence-corrected chi connectivity index (χ1v) is 19.1. The topological polar surface area (TPSA) is 355 Å². The van der Waals surface area contributed by atoms with Crippen molar-refractivity contribution in [2.45, 2.75) is 99.0 Å². The molecular formula is C40H44O22. The number of carbonyl (C=O) groups is 1. The highest BCUT2D eigenvalue weighted by molar-refractivity contribution is 5.89. The lowest BCUT2D eigenvalue weighted by atomic mass is 9.98. The molecule has 3 aliphatic heterocycles. The van der Waals surface area contributed by atoms with Crippen LogP contribution in [0.4, 0.5) is 0 Å². The van der Waals surface area contributed by atoms with Crippen molar-refractivity contribution in [2.75, 3.05) is 13.2 Å². The molecule has 4 aromatic rings. The summed E-state index contributed by atoms with van der Waals surface area (Å²) in [4.78, 5) is 26.7. The van der Waals surface area contributed by atoms with Crippen LogP contribution < -0.4 is 14.9 Å². The number of hydrogen-bond acceptors (Lipinski definition) is 22. The lowest BCUT2D eigenvalue weighted by molar-refractivity contribution is -0.318. The van der Waals surface area contributed by atoms with Gasteiger partial charge in [0.2, 0.25) is 23.8 Å². The summed E-state index contributed by atoms with van der Waals surface area (Å²) >= 11 is 0.